The van der Waals surface area contributed by atoms with Crippen molar-refractivity contribution in [2.24, 2.45) is 5.92 Å². The maximum Gasteiger partial charge on any atom is 0.415 e. The van der Waals surface area contributed by atoms with Crippen molar-refractivity contribution < 1.29 is 22.9 Å². The van der Waals surface area contributed by atoms with Gasteiger partial charge in [0.05, 0.1) is 0 Å². The van der Waals surface area contributed by atoms with Crippen molar-refractivity contribution in [2.45, 2.75) is 30.9 Å². The van der Waals surface area contributed by atoms with Gasteiger partial charge < -0.3 is 5.11 Å². The summed E-state index contributed by atoms with van der Waals surface area (Å²) < 4.78 is 36.4. The summed E-state index contributed by atoms with van der Waals surface area (Å²) in [4.78, 5) is 10.1. The number of carbonyl (C=O) groups is 1. The van der Waals surface area contributed by atoms with Gasteiger partial charge in [0.15, 0.2) is 0 Å². The van der Waals surface area contributed by atoms with Gasteiger partial charge in [-0.15, -0.1) is 0 Å². The minimum atomic E-state index is -4.09. The van der Waals surface area contributed by atoms with Gasteiger partial charge in [-0.3, -0.25) is 4.21 Å². The monoisotopic (exact) mass is 226 g/mol. The fourth-order valence-corrected chi connectivity index (χ4v) is 2.76. The lowest BCUT2D eigenvalue weighted by molar-refractivity contribution is -0.153. The number of carboxylic acid groups (broad SMARTS) is 1. The van der Waals surface area contributed by atoms with Crippen LogP contribution in [-0.4, -0.2) is 26.3 Å². The first-order chi connectivity index (χ1) is 6.44. The maximum absolute atomic E-state index is 12.7. The standard InChI is InChI=1S/C8H12F2O3S/c9-8(10,7(11)12)14(13)5-6-3-1-2-4-6/h6H,1-5H2,(H,11,12). The van der Waals surface area contributed by atoms with E-state index in [9.17, 15) is 17.8 Å². The Bertz CT molecular complexity index is 249. The zero-order valence-electron chi connectivity index (χ0n) is 7.54. The van der Waals surface area contributed by atoms with E-state index in [1.54, 1.807) is 0 Å². The second-order valence-corrected chi connectivity index (χ2v) is 5.02. The van der Waals surface area contributed by atoms with Crippen molar-refractivity contribution in [3.63, 3.8) is 0 Å². The van der Waals surface area contributed by atoms with Crippen LogP contribution in [0.4, 0.5) is 8.78 Å². The number of carboxylic acids is 1. The molecule has 0 bridgehead atoms. The van der Waals surface area contributed by atoms with Crippen molar-refractivity contribution in [3.8, 4) is 0 Å². The molecule has 1 atom stereocenters. The van der Waals surface area contributed by atoms with E-state index in [-0.39, 0.29) is 11.7 Å². The van der Waals surface area contributed by atoms with E-state index in [0.29, 0.717) is 0 Å². The highest BCUT2D eigenvalue weighted by Gasteiger charge is 2.46. The summed E-state index contributed by atoms with van der Waals surface area (Å²) in [6, 6.07) is 0. The number of hydrogen-bond donors (Lipinski definition) is 1. The summed E-state index contributed by atoms with van der Waals surface area (Å²) in [5, 5.41) is 4.05. The molecule has 0 aromatic heterocycles. The first kappa shape index (κ1) is 11.6. The summed E-state index contributed by atoms with van der Waals surface area (Å²) >= 11 is 0. The molecule has 1 N–H and O–H groups in total. The van der Waals surface area contributed by atoms with Crippen LogP contribution in [0.15, 0.2) is 0 Å². The van der Waals surface area contributed by atoms with E-state index in [2.05, 4.69) is 0 Å². The molecule has 1 saturated carbocycles. The predicted octanol–water partition coefficient (Wildman–Crippen LogP) is 1.60. The van der Waals surface area contributed by atoms with Crippen LogP contribution in [0.1, 0.15) is 25.7 Å². The first-order valence-electron chi connectivity index (χ1n) is 4.44. The lowest BCUT2D eigenvalue weighted by atomic mass is 10.1. The molecule has 0 aliphatic heterocycles. The Morgan fingerprint density at radius 3 is 2.36 bits per heavy atom. The maximum atomic E-state index is 12.7. The lowest BCUT2D eigenvalue weighted by Crippen LogP contribution is -2.36. The Kier molecular flexibility index (Phi) is 3.58. The van der Waals surface area contributed by atoms with Gasteiger partial charge in [0.2, 0.25) is 0 Å². The largest absolute Gasteiger partial charge is 0.476 e. The molecule has 1 fully saturated rings. The van der Waals surface area contributed by atoms with E-state index < -0.39 is 22.0 Å². The van der Waals surface area contributed by atoms with E-state index >= 15 is 0 Å². The van der Waals surface area contributed by atoms with Crippen LogP contribution in [0.3, 0.4) is 0 Å². The van der Waals surface area contributed by atoms with E-state index in [0.717, 1.165) is 25.7 Å². The van der Waals surface area contributed by atoms with Crippen molar-refractivity contribution >= 4 is 16.8 Å². The van der Waals surface area contributed by atoms with Gasteiger partial charge >= 0.3 is 11.2 Å². The minimum Gasteiger partial charge on any atom is -0.476 e. The average molecular weight is 226 g/mol. The molecule has 0 saturated heterocycles. The van der Waals surface area contributed by atoms with Crippen molar-refractivity contribution in [1.29, 1.82) is 0 Å². The second kappa shape index (κ2) is 4.33. The normalized spacial score (nSPS) is 21.0. The second-order valence-electron chi connectivity index (χ2n) is 3.48. The van der Waals surface area contributed by atoms with Crippen LogP contribution in [0.2, 0.25) is 0 Å². The smallest absolute Gasteiger partial charge is 0.415 e. The van der Waals surface area contributed by atoms with Gasteiger partial charge in [-0.1, -0.05) is 12.8 Å². The summed E-state index contributed by atoms with van der Waals surface area (Å²) in [5.74, 6) is -2.49. The molecule has 1 aliphatic carbocycles. The fourth-order valence-electron chi connectivity index (χ4n) is 1.59. The van der Waals surface area contributed by atoms with Gasteiger partial charge in [0, 0.05) is 5.75 Å². The molecule has 0 spiro atoms. The summed E-state index contributed by atoms with van der Waals surface area (Å²) in [6.07, 6.45) is 3.48. The molecule has 0 aromatic rings. The van der Waals surface area contributed by atoms with Crippen molar-refractivity contribution in [3.05, 3.63) is 0 Å². The molecule has 0 heterocycles. The Hall–Kier alpha value is -0.520. The summed E-state index contributed by atoms with van der Waals surface area (Å²) in [7, 11) is -2.58. The van der Waals surface area contributed by atoms with Crippen LogP contribution in [0, 0.1) is 5.92 Å². The topological polar surface area (TPSA) is 54.4 Å². The number of alkyl halides is 2. The molecule has 0 radical (unpaired) electrons. The SMILES string of the molecule is O=C(O)C(F)(F)S(=O)CC1CCCC1. The van der Waals surface area contributed by atoms with Crippen molar-refractivity contribution in [1.82, 2.24) is 0 Å². The third-order valence-corrected chi connectivity index (χ3v) is 3.92. The molecule has 1 rings (SSSR count). The number of aliphatic carboxylic acids is 1. The van der Waals surface area contributed by atoms with Crippen LogP contribution in [0.5, 0.6) is 0 Å². The highest BCUT2D eigenvalue weighted by Crippen LogP contribution is 2.29. The number of halogens is 2. The Morgan fingerprint density at radius 2 is 1.93 bits per heavy atom. The quantitative estimate of drug-likeness (QED) is 0.792. The zero-order chi connectivity index (χ0) is 10.8. The van der Waals surface area contributed by atoms with Crippen LogP contribution >= 0.6 is 0 Å². The van der Waals surface area contributed by atoms with Crippen LogP contribution in [0.25, 0.3) is 0 Å². The van der Waals surface area contributed by atoms with E-state index in [1.807, 2.05) is 0 Å². The molecule has 0 amide bonds. The number of rotatable bonds is 4. The van der Waals surface area contributed by atoms with Crippen LogP contribution in [-0.2, 0) is 15.6 Å². The lowest BCUT2D eigenvalue weighted by Gasteiger charge is -2.13. The van der Waals surface area contributed by atoms with E-state index in [1.165, 1.54) is 0 Å². The highest BCUT2D eigenvalue weighted by molar-refractivity contribution is 7.86. The Balaban J connectivity index is 2.52. The van der Waals surface area contributed by atoms with Crippen LogP contribution < -0.4 is 0 Å². The molecule has 1 unspecified atom stereocenters. The molecule has 0 aromatic carbocycles. The molecule has 1 aliphatic rings. The third kappa shape index (κ3) is 2.50. The Morgan fingerprint density at radius 1 is 1.43 bits per heavy atom. The summed E-state index contributed by atoms with van der Waals surface area (Å²) in [5.41, 5.74) is 0. The summed E-state index contributed by atoms with van der Waals surface area (Å²) in [6.45, 7) is 0. The molecule has 82 valence electrons. The van der Waals surface area contributed by atoms with Crippen molar-refractivity contribution in [2.75, 3.05) is 5.75 Å². The molecular weight excluding hydrogens is 214 g/mol. The average Bonchev–Trinajstić information content (AvgIpc) is 2.56. The van der Waals surface area contributed by atoms with Gasteiger partial charge in [0.1, 0.15) is 10.8 Å². The van der Waals surface area contributed by atoms with Gasteiger partial charge in [-0.05, 0) is 18.8 Å². The molecule has 14 heavy (non-hydrogen) atoms. The molecular formula is C8H12F2O3S. The Labute approximate surface area is 82.9 Å². The van der Waals surface area contributed by atoms with Gasteiger partial charge in [-0.2, -0.15) is 8.78 Å². The molecule has 3 nitrogen and oxygen atoms in total. The fraction of sp³-hybridized carbons (Fsp3) is 0.875. The molecule has 6 heteroatoms. The van der Waals surface area contributed by atoms with Gasteiger partial charge in [0.25, 0.3) is 0 Å². The van der Waals surface area contributed by atoms with E-state index in [4.69, 9.17) is 5.11 Å². The third-order valence-electron chi connectivity index (χ3n) is 2.40. The zero-order valence-corrected chi connectivity index (χ0v) is 8.36. The number of hydrogen-bond acceptors (Lipinski definition) is 2. The predicted molar refractivity (Wildman–Crippen MR) is 47.6 cm³/mol. The highest BCUT2D eigenvalue weighted by atomic mass is 32.2. The minimum absolute atomic E-state index is 0.000980. The van der Waals surface area contributed by atoms with Gasteiger partial charge in [-0.25, -0.2) is 4.79 Å². The first-order valence-corrected chi connectivity index (χ1v) is 5.76.